The van der Waals surface area contributed by atoms with E-state index in [1.807, 2.05) is 20.8 Å². The van der Waals surface area contributed by atoms with Gasteiger partial charge in [-0.1, -0.05) is 0 Å². The van der Waals surface area contributed by atoms with E-state index in [1.165, 1.54) is 7.11 Å². The Hall–Kier alpha value is -1.30. The second-order valence-corrected chi connectivity index (χ2v) is 6.72. The maximum atomic E-state index is 12.1. The average molecular weight is 284 g/mol. The minimum absolute atomic E-state index is 0.181. The molecule has 114 valence electrons. The van der Waals surface area contributed by atoms with Gasteiger partial charge in [-0.2, -0.15) is 0 Å². The van der Waals surface area contributed by atoms with Crippen molar-refractivity contribution in [2.24, 2.45) is 11.3 Å². The highest BCUT2D eigenvalue weighted by atomic mass is 16.6. The van der Waals surface area contributed by atoms with E-state index in [9.17, 15) is 9.59 Å². The second-order valence-electron chi connectivity index (χ2n) is 6.72. The molecule has 2 aliphatic rings. The van der Waals surface area contributed by atoms with Crippen LogP contribution in [0.4, 0.5) is 4.79 Å². The smallest absolute Gasteiger partial charge is 0.410 e. The topological polar surface area (TPSA) is 67.9 Å². The van der Waals surface area contributed by atoms with Crippen LogP contribution in [-0.4, -0.2) is 55.9 Å². The fraction of sp³-hybridized carbons (Fsp3) is 0.857. The lowest BCUT2D eigenvalue weighted by atomic mass is 9.77. The van der Waals surface area contributed by atoms with Gasteiger partial charge in [0.2, 0.25) is 0 Å². The first kappa shape index (κ1) is 15.1. The van der Waals surface area contributed by atoms with Crippen LogP contribution >= 0.6 is 0 Å². The second kappa shape index (κ2) is 5.24. The maximum absolute atomic E-state index is 12.1. The van der Waals surface area contributed by atoms with Crippen LogP contribution < -0.4 is 5.32 Å². The Morgan fingerprint density at radius 3 is 2.65 bits per heavy atom. The van der Waals surface area contributed by atoms with E-state index < -0.39 is 5.60 Å². The van der Waals surface area contributed by atoms with Gasteiger partial charge in [0.1, 0.15) is 5.60 Å². The van der Waals surface area contributed by atoms with Crippen molar-refractivity contribution in [3.63, 3.8) is 0 Å². The fourth-order valence-electron chi connectivity index (χ4n) is 3.09. The molecule has 0 aromatic carbocycles. The highest BCUT2D eigenvalue weighted by Gasteiger charge is 2.52. The first-order chi connectivity index (χ1) is 9.27. The highest BCUT2D eigenvalue weighted by molar-refractivity contribution is 5.75. The molecule has 2 rings (SSSR count). The number of amides is 1. The number of methoxy groups -OCH3 is 1. The van der Waals surface area contributed by atoms with Crippen molar-refractivity contribution < 1.29 is 19.1 Å². The molecule has 1 N–H and O–H groups in total. The molecule has 6 nitrogen and oxygen atoms in total. The normalized spacial score (nSPS) is 29.8. The third-order valence-corrected chi connectivity index (χ3v) is 4.09. The summed E-state index contributed by atoms with van der Waals surface area (Å²) in [7, 11) is 1.41. The lowest BCUT2D eigenvalue weighted by Gasteiger charge is -2.29. The molecule has 6 heteroatoms. The van der Waals surface area contributed by atoms with Crippen molar-refractivity contribution in [3.8, 4) is 0 Å². The molecule has 20 heavy (non-hydrogen) atoms. The summed E-state index contributed by atoms with van der Waals surface area (Å²) in [5.41, 5.74) is -0.702. The van der Waals surface area contributed by atoms with Crippen LogP contribution in [0.3, 0.4) is 0 Å². The zero-order valence-electron chi connectivity index (χ0n) is 12.7. The van der Waals surface area contributed by atoms with Crippen LogP contribution in [0.15, 0.2) is 0 Å². The largest absolute Gasteiger partial charge is 0.469 e. The summed E-state index contributed by atoms with van der Waals surface area (Å²) in [4.78, 5) is 25.7. The Morgan fingerprint density at radius 1 is 1.35 bits per heavy atom. The van der Waals surface area contributed by atoms with Crippen LogP contribution in [0.25, 0.3) is 0 Å². The third-order valence-electron chi connectivity index (χ3n) is 4.09. The quantitative estimate of drug-likeness (QED) is 0.728. The van der Waals surface area contributed by atoms with Crippen molar-refractivity contribution in [1.82, 2.24) is 10.2 Å². The van der Waals surface area contributed by atoms with Gasteiger partial charge in [-0.3, -0.25) is 4.79 Å². The minimum Gasteiger partial charge on any atom is -0.469 e. The summed E-state index contributed by atoms with van der Waals surface area (Å²) < 4.78 is 10.3. The van der Waals surface area contributed by atoms with E-state index in [0.717, 1.165) is 13.0 Å². The van der Waals surface area contributed by atoms with E-state index in [2.05, 4.69) is 5.32 Å². The minimum atomic E-state index is -0.498. The van der Waals surface area contributed by atoms with Gasteiger partial charge in [0, 0.05) is 31.6 Å². The van der Waals surface area contributed by atoms with Crippen LogP contribution in [0.1, 0.15) is 27.2 Å². The number of nitrogens with one attached hydrogen (secondary N) is 1. The Kier molecular flexibility index (Phi) is 3.95. The van der Waals surface area contributed by atoms with E-state index in [1.54, 1.807) is 4.90 Å². The molecule has 2 saturated heterocycles. The Morgan fingerprint density at radius 2 is 2.05 bits per heavy atom. The number of likely N-dealkylation sites (tertiary alicyclic amines) is 1. The van der Waals surface area contributed by atoms with E-state index in [-0.39, 0.29) is 23.4 Å². The van der Waals surface area contributed by atoms with Crippen molar-refractivity contribution in [3.05, 3.63) is 0 Å². The third kappa shape index (κ3) is 2.90. The van der Waals surface area contributed by atoms with Gasteiger partial charge in [-0.15, -0.1) is 0 Å². The van der Waals surface area contributed by atoms with Crippen LogP contribution in [-0.2, 0) is 14.3 Å². The molecule has 1 spiro atoms. The number of hydrogen-bond acceptors (Lipinski definition) is 5. The zero-order valence-corrected chi connectivity index (χ0v) is 12.7. The molecular weight excluding hydrogens is 260 g/mol. The number of esters is 1. The van der Waals surface area contributed by atoms with Crippen molar-refractivity contribution >= 4 is 12.1 Å². The standard InChI is InChI=1S/C14H24N2O4/c1-13(2,3)20-12(18)16-6-5-14(9-16)8-15-7-10(14)11(17)19-4/h10,15H,5-9H2,1-4H3. The molecule has 2 fully saturated rings. The first-order valence-electron chi connectivity index (χ1n) is 7.04. The van der Waals surface area contributed by atoms with Gasteiger partial charge in [0.15, 0.2) is 0 Å². The maximum Gasteiger partial charge on any atom is 0.410 e. The van der Waals surface area contributed by atoms with Crippen LogP contribution in [0.5, 0.6) is 0 Å². The van der Waals surface area contributed by atoms with Crippen molar-refractivity contribution in [2.45, 2.75) is 32.8 Å². The lowest BCUT2D eigenvalue weighted by molar-refractivity contribution is -0.148. The SMILES string of the molecule is COC(=O)C1CNCC12CCN(C(=O)OC(C)(C)C)C2. The fourth-order valence-corrected chi connectivity index (χ4v) is 3.09. The summed E-state index contributed by atoms with van der Waals surface area (Å²) in [5, 5.41) is 3.25. The van der Waals surface area contributed by atoms with Crippen LogP contribution in [0.2, 0.25) is 0 Å². The van der Waals surface area contributed by atoms with Gasteiger partial charge in [0.05, 0.1) is 13.0 Å². The number of rotatable bonds is 1. The number of nitrogens with zero attached hydrogens (tertiary/aromatic N) is 1. The molecule has 0 bridgehead atoms. The number of hydrogen-bond donors (Lipinski definition) is 1. The summed E-state index contributed by atoms with van der Waals surface area (Å²) in [6, 6.07) is 0. The zero-order chi connectivity index (χ0) is 15.0. The molecule has 2 aliphatic heterocycles. The van der Waals surface area contributed by atoms with E-state index in [0.29, 0.717) is 19.6 Å². The number of carbonyl (C=O) groups excluding carboxylic acids is 2. The molecule has 1 amide bonds. The molecule has 2 atom stereocenters. The number of ether oxygens (including phenoxy) is 2. The molecule has 0 aromatic rings. The van der Waals surface area contributed by atoms with Gasteiger partial charge in [-0.25, -0.2) is 4.79 Å². The Labute approximate surface area is 119 Å². The monoisotopic (exact) mass is 284 g/mol. The van der Waals surface area contributed by atoms with E-state index in [4.69, 9.17) is 9.47 Å². The molecule has 0 saturated carbocycles. The summed E-state index contributed by atoms with van der Waals surface area (Å²) in [6.45, 7) is 8.10. The van der Waals surface area contributed by atoms with Gasteiger partial charge < -0.3 is 19.7 Å². The molecule has 0 aromatic heterocycles. The van der Waals surface area contributed by atoms with Crippen LogP contribution in [0, 0.1) is 11.3 Å². The van der Waals surface area contributed by atoms with Gasteiger partial charge >= 0.3 is 12.1 Å². The average Bonchev–Trinajstić information content (AvgIpc) is 2.95. The molecule has 0 aliphatic carbocycles. The van der Waals surface area contributed by atoms with Crippen molar-refractivity contribution in [2.75, 3.05) is 33.3 Å². The lowest BCUT2D eigenvalue weighted by Crippen LogP contribution is -2.41. The molecular formula is C14H24N2O4. The predicted octanol–water partition coefficient (Wildman–Crippen LogP) is 1.01. The molecule has 0 radical (unpaired) electrons. The summed E-state index contributed by atoms with van der Waals surface area (Å²) in [5.74, 6) is -0.374. The summed E-state index contributed by atoms with van der Waals surface area (Å²) in [6.07, 6.45) is 0.504. The highest BCUT2D eigenvalue weighted by Crippen LogP contribution is 2.41. The summed E-state index contributed by atoms with van der Waals surface area (Å²) >= 11 is 0. The first-order valence-corrected chi connectivity index (χ1v) is 7.04. The van der Waals surface area contributed by atoms with E-state index >= 15 is 0 Å². The number of carbonyl (C=O) groups is 2. The van der Waals surface area contributed by atoms with Gasteiger partial charge in [-0.05, 0) is 27.2 Å². The molecule has 2 heterocycles. The predicted molar refractivity (Wildman–Crippen MR) is 73.2 cm³/mol. The Balaban J connectivity index is 2.04. The Bertz CT molecular complexity index is 404. The molecule has 2 unspecified atom stereocenters. The van der Waals surface area contributed by atoms with Gasteiger partial charge in [0.25, 0.3) is 0 Å². The van der Waals surface area contributed by atoms with Crippen molar-refractivity contribution in [1.29, 1.82) is 0 Å².